The maximum Gasteiger partial charge on any atom is 0.490 e. The summed E-state index contributed by atoms with van der Waals surface area (Å²) in [5.41, 5.74) is 0.734. The first kappa shape index (κ1) is 26.1. The Balaban J connectivity index is 0.000000479. The normalized spacial score (nSPS) is 16.5. The van der Waals surface area contributed by atoms with Crippen LogP contribution in [0.3, 0.4) is 0 Å². The van der Waals surface area contributed by atoms with Gasteiger partial charge in [-0.2, -0.15) is 26.3 Å². The number of hydrogen-bond donors (Lipinski definition) is 3. The van der Waals surface area contributed by atoms with Crippen LogP contribution in [0.4, 0.5) is 26.3 Å². The zero-order chi connectivity index (χ0) is 25.0. The van der Waals surface area contributed by atoms with Gasteiger partial charge >= 0.3 is 18.3 Å². The Kier molecular flexibility index (Phi) is 8.06. The fourth-order valence-corrected chi connectivity index (χ4v) is 3.21. The number of aryl methyl sites for hydroxylation is 1. The Labute approximate surface area is 184 Å². The van der Waals surface area contributed by atoms with E-state index in [1.807, 2.05) is 0 Å². The Bertz CT molecular complexity index is 1010. The number of carbonyl (C=O) groups is 2. The van der Waals surface area contributed by atoms with Crippen LogP contribution in [0.5, 0.6) is 5.75 Å². The summed E-state index contributed by atoms with van der Waals surface area (Å²) in [6.07, 6.45) is -6.41. The number of pyridine rings is 1. The zero-order valence-electron chi connectivity index (χ0n) is 17.2. The first-order chi connectivity index (χ1) is 15.2. The fourth-order valence-electron chi connectivity index (χ4n) is 3.21. The molecule has 3 N–H and O–H groups in total. The van der Waals surface area contributed by atoms with Crippen molar-refractivity contribution in [3.8, 4) is 17.0 Å². The van der Waals surface area contributed by atoms with E-state index in [4.69, 9.17) is 9.90 Å². The highest BCUT2D eigenvalue weighted by Gasteiger charge is 2.38. The van der Waals surface area contributed by atoms with Crippen molar-refractivity contribution in [2.24, 2.45) is 5.92 Å². The number of phenols is 1. The number of aromatic nitrogens is 1. The lowest BCUT2D eigenvalue weighted by atomic mass is 9.90. The number of alkyl halides is 6. The predicted octanol–water partition coefficient (Wildman–Crippen LogP) is 4.60. The lowest BCUT2D eigenvalue weighted by molar-refractivity contribution is -0.192. The second kappa shape index (κ2) is 10.2. The van der Waals surface area contributed by atoms with Gasteiger partial charge in [-0.15, -0.1) is 0 Å². The Hall–Kier alpha value is -3.15. The van der Waals surface area contributed by atoms with E-state index in [-0.39, 0.29) is 17.3 Å². The number of piperidine rings is 1. The molecule has 1 aromatic carbocycles. The van der Waals surface area contributed by atoms with Gasteiger partial charge in [0.1, 0.15) is 5.75 Å². The minimum Gasteiger partial charge on any atom is -0.507 e. The van der Waals surface area contributed by atoms with Crippen molar-refractivity contribution in [3.05, 3.63) is 47.2 Å². The molecule has 2 aromatic rings. The van der Waals surface area contributed by atoms with Gasteiger partial charge in [0.25, 0.3) is 0 Å². The van der Waals surface area contributed by atoms with Gasteiger partial charge in [0.2, 0.25) is 0 Å². The number of aliphatic carboxylic acids is 1. The molecular formula is C21H20F6N2O4. The molecule has 1 aliphatic heterocycles. The highest BCUT2D eigenvalue weighted by Crippen LogP contribution is 2.37. The number of halogens is 6. The summed E-state index contributed by atoms with van der Waals surface area (Å²) in [6, 6.07) is 4.46. The van der Waals surface area contributed by atoms with Crippen molar-refractivity contribution >= 4 is 11.8 Å². The van der Waals surface area contributed by atoms with Gasteiger partial charge in [-0.25, -0.2) is 4.79 Å². The molecule has 180 valence electrons. The number of carboxylic acids is 1. The van der Waals surface area contributed by atoms with Crippen molar-refractivity contribution in [1.29, 1.82) is 0 Å². The number of hydrogen-bond acceptors (Lipinski definition) is 5. The van der Waals surface area contributed by atoms with Gasteiger partial charge < -0.3 is 15.5 Å². The first-order valence-electron chi connectivity index (χ1n) is 9.64. The van der Waals surface area contributed by atoms with Gasteiger partial charge in [-0.3, -0.25) is 9.78 Å². The summed E-state index contributed by atoms with van der Waals surface area (Å²) >= 11 is 0. The fraction of sp³-hybridized carbons (Fsp3) is 0.381. The highest BCUT2D eigenvalue weighted by atomic mass is 19.4. The van der Waals surface area contributed by atoms with Crippen LogP contribution in [0.1, 0.15) is 34.3 Å². The summed E-state index contributed by atoms with van der Waals surface area (Å²) in [5, 5.41) is 20.3. The van der Waals surface area contributed by atoms with Gasteiger partial charge in [-0.05, 0) is 56.1 Å². The smallest absolute Gasteiger partial charge is 0.490 e. The minimum atomic E-state index is -5.08. The molecule has 1 atom stereocenters. The molecule has 0 saturated carbocycles. The monoisotopic (exact) mass is 478 g/mol. The molecule has 1 aromatic heterocycles. The van der Waals surface area contributed by atoms with Crippen LogP contribution in [-0.2, 0) is 11.0 Å². The molecule has 2 heterocycles. The number of aromatic hydroxyl groups is 1. The van der Waals surface area contributed by atoms with E-state index in [0.717, 1.165) is 25.5 Å². The topological polar surface area (TPSA) is 99.5 Å². The summed E-state index contributed by atoms with van der Waals surface area (Å²) in [7, 11) is 0. The van der Waals surface area contributed by atoms with E-state index in [9.17, 15) is 36.2 Å². The standard InChI is InChI=1S/C19H19F3N2O2.C2HF3O2/c1-11-7-13(18(26)12-3-2-6-23-9-12)10-24-17(11)15-5-4-14(8-16(15)25)19(20,21)22;3-2(4,5)1(6)7/h4-5,7-8,10,12,23,25H,2-3,6,9H2,1H3;(H,6,7). The number of carboxylic acid groups (broad SMARTS) is 1. The molecule has 0 aliphatic carbocycles. The maximum absolute atomic E-state index is 12.7. The van der Waals surface area contributed by atoms with Gasteiger partial charge in [0.15, 0.2) is 5.78 Å². The molecule has 0 amide bonds. The van der Waals surface area contributed by atoms with Crippen LogP contribution in [0.25, 0.3) is 11.3 Å². The molecule has 3 rings (SSSR count). The second-order valence-corrected chi connectivity index (χ2v) is 7.33. The lowest BCUT2D eigenvalue weighted by Gasteiger charge is -2.21. The zero-order valence-corrected chi connectivity index (χ0v) is 17.2. The van der Waals surface area contributed by atoms with Crippen molar-refractivity contribution in [1.82, 2.24) is 10.3 Å². The third-order valence-corrected chi connectivity index (χ3v) is 4.85. The number of benzene rings is 1. The molecule has 33 heavy (non-hydrogen) atoms. The number of rotatable bonds is 3. The van der Waals surface area contributed by atoms with Gasteiger partial charge in [0.05, 0.1) is 11.3 Å². The average molecular weight is 478 g/mol. The van der Waals surface area contributed by atoms with Crippen LogP contribution in [0.2, 0.25) is 0 Å². The number of ketones is 1. The molecule has 6 nitrogen and oxygen atoms in total. The molecule has 0 spiro atoms. The molecule has 1 fully saturated rings. The number of Topliss-reactive ketones (excluding diaryl/α,β-unsaturated/α-hetero) is 1. The van der Waals surface area contributed by atoms with Crippen molar-refractivity contribution in [2.75, 3.05) is 13.1 Å². The first-order valence-corrected chi connectivity index (χ1v) is 9.64. The van der Waals surface area contributed by atoms with E-state index in [1.54, 1.807) is 13.0 Å². The number of nitrogens with zero attached hydrogens (tertiary/aromatic N) is 1. The van der Waals surface area contributed by atoms with Crippen molar-refractivity contribution < 1.29 is 46.1 Å². The van der Waals surface area contributed by atoms with E-state index in [1.165, 1.54) is 12.3 Å². The third kappa shape index (κ3) is 6.91. The molecular weight excluding hydrogens is 458 g/mol. The molecule has 0 radical (unpaired) electrons. The number of nitrogens with one attached hydrogen (secondary N) is 1. The van der Waals surface area contributed by atoms with Crippen LogP contribution in [0, 0.1) is 12.8 Å². The number of phenolic OH excluding ortho intramolecular Hbond substituents is 1. The maximum atomic E-state index is 12.7. The largest absolute Gasteiger partial charge is 0.507 e. The van der Waals surface area contributed by atoms with Gasteiger partial charge in [0, 0.05) is 29.8 Å². The Morgan fingerprint density at radius 2 is 1.76 bits per heavy atom. The van der Waals surface area contributed by atoms with Crippen LogP contribution in [0.15, 0.2) is 30.5 Å². The molecule has 12 heteroatoms. The van der Waals surface area contributed by atoms with Crippen LogP contribution >= 0.6 is 0 Å². The van der Waals surface area contributed by atoms with Crippen LogP contribution < -0.4 is 5.32 Å². The Morgan fingerprint density at radius 3 is 2.21 bits per heavy atom. The van der Waals surface area contributed by atoms with E-state index in [0.29, 0.717) is 29.4 Å². The number of carbonyl (C=O) groups excluding carboxylic acids is 1. The molecule has 0 bridgehead atoms. The second-order valence-electron chi connectivity index (χ2n) is 7.33. The summed E-state index contributed by atoms with van der Waals surface area (Å²) in [5.74, 6) is -3.33. The van der Waals surface area contributed by atoms with Crippen molar-refractivity contribution in [3.63, 3.8) is 0 Å². The van der Waals surface area contributed by atoms with E-state index in [2.05, 4.69) is 10.3 Å². The summed E-state index contributed by atoms with van der Waals surface area (Å²) in [6.45, 7) is 3.27. The van der Waals surface area contributed by atoms with Crippen molar-refractivity contribution in [2.45, 2.75) is 32.1 Å². The van der Waals surface area contributed by atoms with Gasteiger partial charge in [-0.1, -0.05) is 0 Å². The van der Waals surface area contributed by atoms with E-state index >= 15 is 0 Å². The molecule has 1 unspecified atom stereocenters. The molecule has 1 saturated heterocycles. The minimum absolute atomic E-state index is 0.0102. The molecule has 1 aliphatic rings. The SMILES string of the molecule is Cc1cc(C(=O)C2CCCNC2)cnc1-c1ccc(C(F)(F)F)cc1O.O=C(O)C(F)(F)F. The van der Waals surface area contributed by atoms with Crippen LogP contribution in [-0.4, -0.2) is 46.2 Å². The summed E-state index contributed by atoms with van der Waals surface area (Å²) in [4.78, 5) is 25.7. The predicted molar refractivity (Wildman–Crippen MR) is 105 cm³/mol. The third-order valence-electron chi connectivity index (χ3n) is 4.85. The lowest BCUT2D eigenvalue weighted by Crippen LogP contribution is -2.34. The average Bonchev–Trinajstić information content (AvgIpc) is 2.73. The highest BCUT2D eigenvalue weighted by molar-refractivity contribution is 5.98. The summed E-state index contributed by atoms with van der Waals surface area (Å²) < 4.78 is 69.9. The van der Waals surface area contributed by atoms with E-state index < -0.39 is 29.6 Å². The quantitative estimate of drug-likeness (QED) is 0.441. The Morgan fingerprint density at radius 1 is 1.12 bits per heavy atom.